The third-order valence-electron chi connectivity index (χ3n) is 3.44. The van der Waals surface area contributed by atoms with Gasteiger partial charge in [-0.15, -0.1) is 17.5 Å². The summed E-state index contributed by atoms with van der Waals surface area (Å²) in [4.78, 5) is 10.9. The number of rotatable bonds is 3. The van der Waals surface area contributed by atoms with Crippen molar-refractivity contribution in [3.63, 3.8) is 0 Å². The number of benzene rings is 1. The molecule has 1 aliphatic rings. The Balaban J connectivity index is 0.00000161. The number of aromatic nitrogens is 3. The maximum atomic E-state index is 10.9. The number of carbonyl (C=O) groups is 1. The van der Waals surface area contributed by atoms with Crippen molar-refractivity contribution in [2.45, 2.75) is 18.5 Å². The molecule has 8 heteroatoms. The van der Waals surface area contributed by atoms with E-state index in [1.54, 1.807) is 16.9 Å². The van der Waals surface area contributed by atoms with Gasteiger partial charge in [0.25, 0.3) is 0 Å². The van der Waals surface area contributed by atoms with Gasteiger partial charge in [-0.3, -0.25) is 4.79 Å². The summed E-state index contributed by atoms with van der Waals surface area (Å²) in [6, 6.07) is 6.90. The Bertz CT molecular complexity index is 647. The van der Waals surface area contributed by atoms with Crippen molar-refractivity contribution in [3.8, 4) is 11.3 Å². The molecule has 0 bridgehead atoms. The van der Waals surface area contributed by atoms with Gasteiger partial charge in [-0.2, -0.15) is 0 Å². The molecule has 112 valence electrons. The van der Waals surface area contributed by atoms with E-state index in [1.807, 2.05) is 18.2 Å². The fraction of sp³-hybridized carbons (Fsp3) is 0.308. The highest BCUT2D eigenvalue weighted by Crippen LogP contribution is 2.27. The number of hydrogen-bond acceptors (Lipinski definition) is 4. The predicted molar refractivity (Wildman–Crippen MR) is 80.8 cm³/mol. The number of halogens is 2. The van der Waals surface area contributed by atoms with Gasteiger partial charge in [-0.1, -0.05) is 35.0 Å². The van der Waals surface area contributed by atoms with E-state index in [2.05, 4.69) is 15.6 Å². The van der Waals surface area contributed by atoms with Crippen LogP contribution in [0.4, 0.5) is 0 Å². The summed E-state index contributed by atoms with van der Waals surface area (Å²) in [6.45, 7) is 0.572. The van der Waals surface area contributed by atoms with Crippen LogP contribution in [0.2, 0.25) is 5.02 Å². The van der Waals surface area contributed by atoms with E-state index in [4.69, 9.17) is 16.7 Å². The maximum absolute atomic E-state index is 10.9. The van der Waals surface area contributed by atoms with Crippen LogP contribution in [0.15, 0.2) is 30.5 Å². The highest BCUT2D eigenvalue weighted by Gasteiger charge is 2.30. The number of nitrogens with zero attached hydrogens (tertiary/aromatic N) is 3. The molecule has 1 fully saturated rings. The Hall–Kier alpha value is -1.63. The third-order valence-corrected chi connectivity index (χ3v) is 3.77. The molecular formula is C13H14Cl2N4O2. The molecule has 0 spiro atoms. The van der Waals surface area contributed by atoms with Crippen molar-refractivity contribution in [1.82, 2.24) is 20.3 Å². The van der Waals surface area contributed by atoms with Crippen LogP contribution in [-0.2, 0) is 4.79 Å². The Morgan fingerprint density at radius 3 is 2.86 bits per heavy atom. The molecule has 1 saturated heterocycles. The van der Waals surface area contributed by atoms with Crippen LogP contribution >= 0.6 is 24.0 Å². The average Bonchev–Trinajstić information content (AvgIpc) is 3.08. The predicted octanol–water partition coefficient (Wildman–Crippen LogP) is 2.01. The molecule has 1 aromatic carbocycles. The minimum atomic E-state index is -0.834. The maximum Gasteiger partial charge on any atom is 0.320 e. The lowest BCUT2D eigenvalue weighted by Crippen LogP contribution is -2.29. The van der Waals surface area contributed by atoms with Gasteiger partial charge in [0.1, 0.15) is 11.7 Å². The third kappa shape index (κ3) is 3.18. The molecule has 21 heavy (non-hydrogen) atoms. The van der Waals surface area contributed by atoms with Crippen molar-refractivity contribution in [2.24, 2.45) is 0 Å². The van der Waals surface area contributed by atoms with Gasteiger partial charge < -0.3 is 10.4 Å². The summed E-state index contributed by atoms with van der Waals surface area (Å²) in [7, 11) is 0. The largest absolute Gasteiger partial charge is 0.480 e. The summed E-state index contributed by atoms with van der Waals surface area (Å²) in [5.74, 6) is -0.834. The van der Waals surface area contributed by atoms with Crippen molar-refractivity contribution in [3.05, 3.63) is 35.5 Å². The Morgan fingerprint density at radius 2 is 2.19 bits per heavy atom. The fourth-order valence-electron chi connectivity index (χ4n) is 2.35. The molecule has 3 rings (SSSR count). The Kier molecular flexibility index (Phi) is 4.82. The minimum absolute atomic E-state index is 0. The lowest BCUT2D eigenvalue weighted by Gasteiger charge is -2.07. The van der Waals surface area contributed by atoms with Gasteiger partial charge in [0.05, 0.1) is 17.3 Å². The first-order valence-electron chi connectivity index (χ1n) is 6.28. The fourth-order valence-corrected chi connectivity index (χ4v) is 2.59. The summed E-state index contributed by atoms with van der Waals surface area (Å²) in [5, 5.41) is 20.7. The Labute approximate surface area is 132 Å². The number of hydrogen-bond donors (Lipinski definition) is 2. The standard InChI is InChI=1S/C13H13ClN4O2.ClH/c14-10-4-2-1-3-9(10)12-7-18(17-16-12)8-5-11(13(19)20)15-6-8;/h1-4,7-8,11,15H,5-6H2,(H,19,20);1H/t8-,11-;/m0./s1. The molecule has 2 aromatic rings. The number of carboxylic acid groups (broad SMARTS) is 1. The molecule has 2 N–H and O–H groups in total. The van der Waals surface area contributed by atoms with Gasteiger partial charge in [-0.05, 0) is 12.5 Å². The van der Waals surface area contributed by atoms with E-state index in [9.17, 15) is 4.79 Å². The number of nitrogens with one attached hydrogen (secondary N) is 1. The van der Waals surface area contributed by atoms with Crippen LogP contribution in [0, 0.1) is 0 Å². The van der Waals surface area contributed by atoms with E-state index in [1.165, 1.54) is 0 Å². The van der Waals surface area contributed by atoms with Gasteiger partial charge >= 0.3 is 5.97 Å². The summed E-state index contributed by atoms with van der Waals surface area (Å²) in [6.07, 6.45) is 2.30. The first kappa shape index (κ1) is 15.8. The first-order chi connectivity index (χ1) is 9.65. The molecule has 0 radical (unpaired) electrons. The lowest BCUT2D eigenvalue weighted by atomic mass is 10.1. The van der Waals surface area contributed by atoms with Crippen LogP contribution in [0.5, 0.6) is 0 Å². The summed E-state index contributed by atoms with van der Waals surface area (Å²) in [5.41, 5.74) is 1.51. The van der Waals surface area contributed by atoms with Crippen LogP contribution in [-0.4, -0.2) is 38.7 Å². The quantitative estimate of drug-likeness (QED) is 0.900. The van der Waals surface area contributed by atoms with Gasteiger partial charge in [0, 0.05) is 12.1 Å². The molecule has 0 aliphatic carbocycles. The zero-order chi connectivity index (χ0) is 14.1. The minimum Gasteiger partial charge on any atom is -0.480 e. The van der Waals surface area contributed by atoms with E-state index in [-0.39, 0.29) is 18.4 Å². The molecular weight excluding hydrogens is 315 g/mol. The SMILES string of the molecule is Cl.O=C(O)[C@@H]1C[C@H](n2cc(-c3ccccc3Cl)nn2)CN1. The van der Waals surface area contributed by atoms with E-state index in [0.717, 1.165) is 5.56 Å². The zero-order valence-corrected chi connectivity index (χ0v) is 12.5. The number of aliphatic carboxylic acids is 1. The smallest absolute Gasteiger partial charge is 0.320 e. The van der Waals surface area contributed by atoms with Crippen LogP contribution in [0.25, 0.3) is 11.3 Å². The van der Waals surface area contributed by atoms with Crippen molar-refractivity contribution in [2.75, 3.05) is 6.54 Å². The molecule has 2 atom stereocenters. The van der Waals surface area contributed by atoms with E-state index >= 15 is 0 Å². The summed E-state index contributed by atoms with van der Waals surface area (Å²) >= 11 is 6.13. The van der Waals surface area contributed by atoms with Gasteiger partial charge in [0.2, 0.25) is 0 Å². The molecule has 1 aliphatic heterocycles. The second kappa shape index (κ2) is 6.43. The molecule has 0 saturated carbocycles. The van der Waals surface area contributed by atoms with Gasteiger partial charge in [0.15, 0.2) is 0 Å². The first-order valence-corrected chi connectivity index (χ1v) is 6.66. The Morgan fingerprint density at radius 1 is 1.43 bits per heavy atom. The lowest BCUT2D eigenvalue weighted by molar-refractivity contribution is -0.139. The topological polar surface area (TPSA) is 80.0 Å². The zero-order valence-electron chi connectivity index (χ0n) is 10.9. The molecule has 0 amide bonds. The highest BCUT2D eigenvalue weighted by molar-refractivity contribution is 6.33. The van der Waals surface area contributed by atoms with Gasteiger partial charge in [-0.25, -0.2) is 4.68 Å². The van der Waals surface area contributed by atoms with Crippen LogP contribution < -0.4 is 5.32 Å². The second-order valence-electron chi connectivity index (χ2n) is 4.75. The molecule has 2 heterocycles. The van der Waals surface area contributed by atoms with E-state index < -0.39 is 12.0 Å². The number of carboxylic acids is 1. The molecule has 6 nitrogen and oxygen atoms in total. The van der Waals surface area contributed by atoms with Crippen molar-refractivity contribution in [1.29, 1.82) is 0 Å². The van der Waals surface area contributed by atoms with E-state index in [0.29, 0.717) is 23.7 Å². The molecule has 0 unspecified atom stereocenters. The second-order valence-corrected chi connectivity index (χ2v) is 5.16. The van der Waals surface area contributed by atoms with Crippen LogP contribution in [0.3, 0.4) is 0 Å². The van der Waals surface area contributed by atoms with Crippen molar-refractivity contribution >= 4 is 30.0 Å². The highest BCUT2D eigenvalue weighted by atomic mass is 35.5. The summed E-state index contributed by atoms with van der Waals surface area (Å²) < 4.78 is 1.70. The van der Waals surface area contributed by atoms with Crippen molar-refractivity contribution < 1.29 is 9.90 Å². The van der Waals surface area contributed by atoms with Crippen LogP contribution in [0.1, 0.15) is 12.5 Å². The normalized spacial score (nSPS) is 21.0. The molecule has 1 aromatic heterocycles. The monoisotopic (exact) mass is 328 g/mol. The average molecular weight is 329 g/mol.